The fraction of sp³-hybridized carbons (Fsp3) is 0.636. The van der Waals surface area contributed by atoms with Crippen LogP contribution >= 0.6 is 0 Å². The summed E-state index contributed by atoms with van der Waals surface area (Å²) in [5.41, 5.74) is 1.83. The molecule has 1 aliphatic rings. The Bertz CT molecular complexity index is 621. The highest BCUT2D eigenvalue weighted by atomic mass is 16.1. The summed E-state index contributed by atoms with van der Waals surface area (Å²) >= 11 is 0. The Morgan fingerprint density at radius 3 is 2.65 bits per heavy atom. The third kappa shape index (κ3) is 1.47. The van der Waals surface area contributed by atoms with Gasteiger partial charge in [-0.15, -0.1) is 5.10 Å². The highest BCUT2D eigenvalue weighted by Crippen LogP contribution is 2.27. The molecule has 1 fully saturated rings. The van der Waals surface area contributed by atoms with Crippen molar-refractivity contribution in [2.24, 2.45) is 7.05 Å². The molecule has 0 amide bonds. The van der Waals surface area contributed by atoms with Crippen LogP contribution in [0.1, 0.15) is 37.4 Å². The molecule has 2 aromatic rings. The predicted octanol–water partition coefficient (Wildman–Crippen LogP) is 0.949. The molecule has 2 aromatic heterocycles. The van der Waals surface area contributed by atoms with Gasteiger partial charge in [-0.3, -0.25) is 9.48 Å². The van der Waals surface area contributed by atoms with Crippen LogP contribution in [0.4, 0.5) is 0 Å². The van der Waals surface area contributed by atoms with Crippen molar-refractivity contribution in [3.63, 3.8) is 0 Å². The van der Waals surface area contributed by atoms with Gasteiger partial charge in [0, 0.05) is 7.05 Å². The third-order valence-corrected chi connectivity index (χ3v) is 3.62. The van der Waals surface area contributed by atoms with Crippen LogP contribution in [0.5, 0.6) is 0 Å². The number of nitrogens with zero attached hydrogens (tertiary/aromatic N) is 5. The Hall–Kier alpha value is -1.72. The van der Waals surface area contributed by atoms with Gasteiger partial charge in [0.1, 0.15) is 5.52 Å². The number of hydrogen-bond donors (Lipinski definition) is 0. The van der Waals surface area contributed by atoms with Crippen molar-refractivity contribution in [1.82, 2.24) is 24.8 Å². The fourth-order valence-electron chi connectivity index (χ4n) is 2.49. The first-order valence-corrected chi connectivity index (χ1v) is 5.97. The first-order chi connectivity index (χ1) is 8.18. The number of aryl methyl sites for hydroxylation is 2. The molecular weight excluding hydrogens is 218 g/mol. The van der Waals surface area contributed by atoms with E-state index >= 15 is 0 Å². The molecule has 1 aliphatic carbocycles. The molecule has 0 atom stereocenters. The van der Waals surface area contributed by atoms with E-state index in [4.69, 9.17) is 0 Å². The molecule has 0 aliphatic heterocycles. The van der Waals surface area contributed by atoms with E-state index in [0.717, 1.165) is 31.4 Å². The van der Waals surface area contributed by atoms with Gasteiger partial charge < -0.3 is 0 Å². The summed E-state index contributed by atoms with van der Waals surface area (Å²) in [5.74, 6) is 0. The SMILES string of the molecule is Cc1c2nnn(C3CCCC3)c(=O)c2nn1C. The van der Waals surface area contributed by atoms with Gasteiger partial charge in [-0.1, -0.05) is 18.1 Å². The average Bonchev–Trinajstić information content (AvgIpc) is 2.92. The zero-order chi connectivity index (χ0) is 12.0. The van der Waals surface area contributed by atoms with Gasteiger partial charge in [0.25, 0.3) is 5.56 Å². The van der Waals surface area contributed by atoms with E-state index in [1.54, 1.807) is 4.68 Å². The van der Waals surface area contributed by atoms with Crippen LogP contribution in [-0.4, -0.2) is 24.8 Å². The second-order valence-corrected chi connectivity index (χ2v) is 4.68. The topological polar surface area (TPSA) is 65.6 Å². The minimum Gasteiger partial charge on any atom is -0.270 e. The third-order valence-electron chi connectivity index (χ3n) is 3.62. The molecule has 0 spiro atoms. The van der Waals surface area contributed by atoms with Crippen molar-refractivity contribution >= 4 is 11.0 Å². The Kier molecular flexibility index (Phi) is 2.24. The smallest absolute Gasteiger partial charge is 0.270 e. The van der Waals surface area contributed by atoms with Crippen LogP contribution in [0.2, 0.25) is 0 Å². The van der Waals surface area contributed by atoms with Crippen molar-refractivity contribution < 1.29 is 0 Å². The van der Waals surface area contributed by atoms with Crippen LogP contribution < -0.4 is 5.56 Å². The molecule has 0 unspecified atom stereocenters. The normalized spacial score (nSPS) is 17.1. The first kappa shape index (κ1) is 10.4. The minimum atomic E-state index is -0.106. The van der Waals surface area contributed by atoms with E-state index in [-0.39, 0.29) is 11.6 Å². The molecule has 2 heterocycles. The van der Waals surface area contributed by atoms with Crippen molar-refractivity contribution in [1.29, 1.82) is 0 Å². The maximum absolute atomic E-state index is 12.3. The lowest BCUT2D eigenvalue weighted by Crippen LogP contribution is -2.27. The van der Waals surface area contributed by atoms with Gasteiger partial charge in [0.2, 0.25) is 0 Å². The van der Waals surface area contributed by atoms with Gasteiger partial charge in [0.15, 0.2) is 5.52 Å². The van der Waals surface area contributed by atoms with Crippen LogP contribution in [0.15, 0.2) is 4.79 Å². The van der Waals surface area contributed by atoms with E-state index in [0.29, 0.717) is 11.0 Å². The van der Waals surface area contributed by atoms with E-state index in [2.05, 4.69) is 15.4 Å². The summed E-state index contributed by atoms with van der Waals surface area (Å²) in [5, 5.41) is 12.4. The van der Waals surface area contributed by atoms with Crippen molar-refractivity contribution in [3.8, 4) is 0 Å². The minimum absolute atomic E-state index is 0.106. The second kappa shape index (κ2) is 3.65. The molecule has 1 saturated carbocycles. The molecule has 90 valence electrons. The summed E-state index contributed by atoms with van der Waals surface area (Å²) in [7, 11) is 1.82. The number of rotatable bonds is 1. The maximum atomic E-state index is 12.3. The molecule has 6 heteroatoms. The lowest BCUT2D eigenvalue weighted by Gasteiger charge is -2.09. The molecule has 0 N–H and O–H groups in total. The molecule has 0 bridgehead atoms. The number of hydrogen-bond acceptors (Lipinski definition) is 4. The first-order valence-electron chi connectivity index (χ1n) is 5.97. The monoisotopic (exact) mass is 233 g/mol. The summed E-state index contributed by atoms with van der Waals surface area (Å²) < 4.78 is 3.20. The molecular formula is C11H15N5O. The highest BCUT2D eigenvalue weighted by molar-refractivity contribution is 5.74. The highest BCUT2D eigenvalue weighted by Gasteiger charge is 2.22. The number of fused-ring (bicyclic) bond motifs is 1. The Balaban J connectivity index is 2.22. The second-order valence-electron chi connectivity index (χ2n) is 4.68. The van der Waals surface area contributed by atoms with E-state index < -0.39 is 0 Å². The molecule has 0 radical (unpaired) electrons. The van der Waals surface area contributed by atoms with Gasteiger partial charge in [0.05, 0.1) is 11.7 Å². The Labute approximate surface area is 98.2 Å². The van der Waals surface area contributed by atoms with Gasteiger partial charge in [-0.2, -0.15) is 5.10 Å². The fourth-order valence-corrected chi connectivity index (χ4v) is 2.49. The zero-order valence-corrected chi connectivity index (χ0v) is 10.1. The van der Waals surface area contributed by atoms with Crippen LogP contribution in [-0.2, 0) is 7.05 Å². The van der Waals surface area contributed by atoms with E-state index in [1.807, 2.05) is 14.0 Å². The van der Waals surface area contributed by atoms with Crippen molar-refractivity contribution in [3.05, 3.63) is 16.0 Å². The van der Waals surface area contributed by atoms with E-state index in [1.165, 1.54) is 4.68 Å². The molecule has 0 saturated heterocycles. The van der Waals surface area contributed by atoms with Crippen molar-refractivity contribution in [2.75, 3.05) is 0 Å². The van der Waals surface area contributed by atoms with Crippen molar-refractivity contribution in [2.45, 2.75) is 38.6 Å². The zero-order valence-electron chi connectivity index (χ0n) is 10.1. The summed E-state index contributed by atoms with van der Waals surface area (Å²) in [6.45, 7) is 1.89. The van der Waals surface area contributed by atoms with Crippen LogP contribution in [0.25, 0.3) is 11.0 Å². The average molecular weight is 233 g/mol. The Morgan fingerprint density at radius 1 is 1.24 bits per heavy atom. The van der Waals surface area contributed by atoms with Gasteiger partial charge in [-0.05, 0) is 19.8 Å². The van der Waals surface area contributed by atoms with E-state index in [9.17, 15) is 4.79 Å². The maximum Gasteiger partial charge on any atom is 0.298 e. The summed E-state index contributed by atoms with van der Waals surface area (Å²) in [4.78, 5) is 12.3. The molecule has 6 nitrogen and oxygen atoms in total. The Morgan fingerprint density at radius 2 is 1.94 bits per heavy atom. The van der Waals surface area contributed by atoms with Crippen LogP contribution in [0.3, 0.4) is 0 Å². The summed E-state index contributed by atoms with van der Waals surface area (Å²) in [6.07, 6.45) is 4.37. The predicted molar refractivity (Wildman–Crippen MR) is 62.8 cm³/mol. The summed E-state index contributed by atoms with van der Waals surface area (Å²) in [6, 6.07) is 0.210. The molecule has 3 rings (SSSR count). The number of aromatic nitrogens is 5. The lowest BCUT2D eigenvalue weighted by atomic mass is 10.2. The van der Waals surface area contributed by atoms with Gasteiger partial charge >= 0.3 is 0 Å². The quantitative estimate of drug-likeness (QED) is 0.735. The lowest BCUT2D eigenvalue weighted by molar-refractivity contribution is 0.428. The molecule has 17 heavy (non-hydrogen) atoms. The van der Waals surface area contributed by atoms with Crippen LogP contribution in [0, 0.1) is 6.92 Å². The standard InChI is InChI=1S/C11H15N5O/c1-7-9-10(13-15(7)2)11(17)16(14-12-9)8-5-3-4-6-8/h8H,3-6H2,1-2H3. The molecule has 0 aromatic carbocycles. The van der Waals surface area contributed by atoms with Gasteiger partial charge in [-0.25, -0.2) is 4.68 Å². The largest absolute Gasteiger partial charge is 0.298 e.